The summed E-state index contributed by atoms with van der Waals surface area (Å²) in [5.41, 5.74) is 4.02. The van der Waals surface area contributed by atoms with Crippen molar-refractivity contribution in [1.29, 1.82) is 0 Å². The molecule has 2 unspecified atom stereocenters. The molecule has 1 amide bonds. The van der Waals surface area contributed by atoms with Gasteiger partial charge in [0.25, 0.3) is 5.91 Å². The van der Waals surface area contributed by atoms with Crippen LogP contribution in [0.2, 0.25) is 0 Å². The zero-order valence-electron chi connectivity index (χ0n) is 20.0. The van der Waals surface area contributed by atoms with Gasteiger partial charge in [-0.2, -0.15) is 8.78 Å². The molecule has 12 heteroatoms. The Labute approximate surface area is 218 Å². The predicted octanol–water partition coefficient (Wildman–Crippen LogP) is 3.44. The SMILES string of the molecule is O=C1NC2CC(c3c(OC(F)F)cccc31)n1c2nc2ccc(-c3cnc(N4CCS(=O)CC4)nc3)cc21. The van der Waals surface area contributed by atoms with Crippen molar-refractivity contribution < 1.29 is 22.5 Å². The molecule has 5 heterocycles. The van der Waals surface area contributed by atoms with Crippen molar-refractivity contribution in [1.82, 2.24) is 24.8 Å². The third-order valence-electron chi connectivity index (χ3n) is 7.40. The fourth-order valence-electron chi connectivity index (χ4n) is 5.66. The van der Waals surface area contributed by atoms with Crippen LogP contribution in [0.3, 0.4) is 0 Å². The van der Waals surface area contributed by atoms with Crippen LogP contribution in [0.4, 0.5) is 14.7 Å². The second-order valence-electron chi connectivity index (χ2n) is 9.52. The van der Waals surface area contributed by atoms with Crippen LogP contribution in [0, 0.1) is 0 Å². The minimum Gasteiger partial charge on any atom is -0.434 e. The lowest BCUT2D eigenvalue weighted by Crippen LogP contribution is -2.38. The van der Waals surface area contributed by atoms with Crippen molar-refractivity contribution in [2.75, 3.05) is 29.5 Å². The minimum absolute atomic E-state index is 0.00492. The number of nitrogens with one attached hydrogen (secondary N) is 1. The standard InChI is InChI=1S/C26H22F2N6O3S/c27-25(28)37-21-3-1-2-16-22(21)20-11-18(32-24(16)35)23-31-17-5-4-14(10-19(17)34(20)23)15-12-29-26(30-13-15)33-6-8-38(36)9-7-33/h1-5,10,12-13,18,20,25H,6-9,11H2,(H,32,35). The van der Waals surface area contributed by atoms with E-state index in [2.05, 4.69) is 15.3 Å². The maximum absolute atomic E-state index is 13.3. The fourth-order valence-corrected chi connectivity index (χ4v) is 6.71. The molecule has 38 heavy (non-hydrogen) atoms. The Hall–Kier alpha value is -3.93. The summed E-state index contributed by atoms with van der Waals surface area (Å²) >= 11 is 0. The van der Waals surface area contributed by atoms with E-state index in [-0.39, 0.29) is 17.7 Å². The molecule has 0 aliphatic carbocycles. The van der Waals surface area contributed by atoms with Crippen LogP contribution in [0.5, 0.6) is 5.75 Å². The molecule has 4 aromatic rings. The first-order valence-electron chi connectivity index (χ1n) is 12.3. The number of aromatic nitrogens is 4. The molecule has 0 radical (unpaired) electrons. The molecule has 2 bridgehead atoms. The molecule has 9 nitrogen and oxygen atoms in total. The zero-order chi connectivity index (χ0) is 26.0. The van der Waals surface area contributed by atoms with Crippen molar-refractivity contribution in [3.05, 3.63) is 65.7 Å². The molecule has 1 N–H and O–H groups in total. The van der Waals surface area contributed by atoms with Gasteiger partial charge < -0.3 is 19.5 Å². The molecule has 1 fully saturated rings. The summed E-state index contributed by atoms with van der Waals surface area (Å²) in [5.74, 6) is 2.19. The fraction of sp³-hybridized carbons (Fsp3) is 0.308. The normalized spacial score (nSPS) is 20.8. The molecule has 2 aromatic carbocycles. The molecule has 1 saturated heterocycles. The molecule has 2 aromatic heterocycles. The van der Waals surface area contributed by atoms with Crippen molar-refractivity contribution in [2.24, 2.45) is 0 Å². The second-order valence-corrected chi connectivity index (χ2v) is 11.2. The van der Waals surface area contributed by atoms with Crippen LogP contribution in [-0.2, 0) is 10.8 Å². The van der Waals surface area contributed by atoms with Crippen molar-refractivity contribution in [3.63, 3.8) is 0 Å². The zero-order valence-corrected chi connectivity index (χ0v) is 20.8. The average Bonchev–Trinajstić information content (AvgIpc) is 3.41. The smallest absolute Gasteiger partial charge is 0.387 e. The highest BCUT2D eigenvalue weighted by Gasteiger charge is 2.42. The van der Waals surface area contributed by atoms with E-state index in [1.807, 2.05) is 27.7 Å². The number of benzene rings is 2. The van der Waals surface area contributed by atoms with Gasteiger partial charge in [0.1, 0.15) is 11.6 Å². The van der Waals surface area contributed by atoms with Gasteiger partial charge in [-0.25, -0.2) is 15.0 Å². The van der Waals surface area contributed by atoms with Gasteiger partial charge in [0.15, 0.2) is 0 Å². The lowest BCUT2D eigenvalue weighted by molar-refractivity contribution is -0.0507. The summed E-state index contributed by atoms with van der Waals surface area (Å²) in [6.07, 6.45) is 4.02. The molecule has 3 aliphatic heterocycles. The third-order valence-corrected chi connectivity index (χ3v) is 8.67. The average molecular weight is 537 g/mol. The number of hydrogen-bond acceptors (Lipinski definition) is 7. The summed E-state index contributed by atoms with van der Waals surface area (Å²) in [7, 11) is -0.776. The van der Waals surface area contributed by atoms with Crippen molar-refractivity contribution in [3.8, 4) is 16.9 Å². The number of alkyl halides is 2. The number of fused-ring (bicyclic) bond motifs is 9. The Bertz CT molecular complexity index is 1600. The van der Waals surface area contributed by atoms with Gasteiger partial charge in [0, 0.05) is 64.5 Å². The van der Waals surface area contributed by atoms with Gasteiger partial charge in [-0.05, 0) is 36.2 Å². The number of carbonyl (C=O) groups is 1. The number of imidazole rings is 1. The first-order valence-corrected chi connectivity index (χ1v) is 13.8. The molecule has 7 rings (SSSR count). The first kappa shape index (κ1) is 23.2. The minimum atomic E-state index is -3.01. The Kier molecular flexibility index (Phi) is 5.39. The second kappa shape index (κ2) is 8.83. The van der Waals surface area contributed by atoms with Gasteiger partial charge in [0.2, 0.25) is 5.95 Å². The van der Waals surface area contributed by atoms with Gasteiger partial charge >= 0.3 is 6.61 Å². The molecule has 0 spiro atoms. The predicted molar refractivity (Wildman–Crippen MR) is 137 cm³/mol. The number of halogens is 2. The highest BCUT2D eigenvalue weighted by molar-refractivity contribution is 7.85. The summed E-state index contributed by atoms with van der Waals surface area (Å²) in [4.78, 5) is 28.8. The number of amides is 1. The van der Waals surface area contributed by atoms with Crippen LogP contribution in [-0.4, -0.2) is 60.8 Å². The van der Waals surface area contributed by atoms with Crippen molar-refractivity contribution in [2.45, 2.75) is 25.1 Å². The highest BCUT2D eigenvalue weighted by Crippen LogP contribution is 2.47. The van der Waals surface area contributed by atoms with Crippen LogP contribution < -0.4 is 15.0 Å². The van der Waals surface area contributed by atoms with Crippen molar-refractivity contribution >= 4 is 33.7 Å². The Balaban J connectivity index is 1.29. The van der Waals surface area contributed by atoms with E-state index in [0.29, 0.717) is 53.9 Å². The largest absolute Gasteiger partial charge is 0.434 e. The van der Waals surface area contributed by atoms with Gasteiger partial charge in [-0.3, -0.25) is 9.00 Å². The maximum Gasteiger partial charge on any atom is 0.387 e. The summed E-state index contributed by atoms with van der Waals surface area (Å²) in [5, 5.41) is 3.00. The Morgan fingerprint density at radius 2 is 1.87 bits per heavy atom. The molecule has 194 valence electrons. The highest BCUT2D eigenvalue weighted by atomic mass is 32.2. The van der Waals surface area contributed by atoms with E-state index in [4.69, 9.17) is 9.72 Å². The molecule has 0 saturated carbocycles. The number of anilines is 1. The summed E-state index contributed by atoms with van der Waals surface area (Å²) < 4.78 is 45.0. The van der Waals surface area contributed by atoms with E-state index < -0.39 is 23.5 Å². The molecule has 3 aliphatic rings. The Morgan fingerprint density at radius 1 is 1.08 bits per heavy atom. The van der Waals surface area contributed by atoms with Crippen LogP contribution in [0.25, 0.3) is 22.2 Å². The van der Waals surface area contributed by atoms with Gasteiger partial charge in [-0.15, -0.1) is 0 Å². The number of carbonyl (C=O) groups excluding carboxylic acids is 1. The molecular formula is C26H22F2N6O3S. The van der Waals surface area contributed by atoms with Gasteiger partial charge in [-0.1, -0.05) is 12.1 Å². The number of ether oxygens (including phenoxy) is 1. The number of hydrogen-bond donors (Lipinski definition) is 1. The number of rotatable bonds is 4. The summed E-state index contributed by atoms with van der Waals surface area (Å²) in [6, 6.07) is 9.73. The van der Waals surface area contributed by atoms with E-state index >= 15 is 0 Å². The number of nitrogens with zero attached hydrogens (tertiary/aromatic N) is 5. The van der Waals surface area contributed by atoms with Gasteiger partial charge in [0.05, 0.1) is 23.1 Å². The molecule has 2 atom stereocenters. The lowest BCUT2D eigenvalue weighted by atomic mass is 9.97. The van der Waals surface area contributed by atoms with E-state index in [1.165, 1.54) is 6.07 Å². The topological polar surface area (TPSA) is 102 Å². The van der Waals surface area contributed by atoms with Crippen LogP contribution in [0.1, 0.15) is 40.3 Å². The van der Waals surface area contributed by atoms with E-state index in [1.54, 1.807) is 24.5 Å². The summed E-state index contributed by atoms with van der Waals surface area (Å²) in [6.45, 7) is -1.68. The quantitative estimate of drug-likeness (QED) is 0.426. The van der Waals surface area contributed by atoms with E-state index in [9.17, 15) is 17.8 Å². The first-order chi connectivity index (χ1) is 18.5. The maximum atomic E-state index is 13.3. The Morgan fingerprint density at radius 3 is 2.63 bits per heavy atom. The molecular weight excluding hydrogens is 514 g/mol. The van der Waals surface area contributed by atoms with Crippen LogP contribution in [0.15, 0.2) is 48.8 Å². The lowest BCUT2D eigenvalue weighted by Gasteiger charge is -2.26. The van der Waals surface area contributed by atoms with Crippen LogP contribution >= 0.6 is 0 Å². The third kappa shape index (κ3) is 3.73. The van der Waals surface area contributed by atoms with E-state index in [0.717, 1.165) is 22.2 Å². The monoisotopic (exact) mass is 536 g/mol.